The lowest BCUT2D eigenvalue weighted by Crippen LogP contribution is -3.17. The Kier molecular flexibility index (Phi) is 6.04. The van der Waals surface area contributed by atoms with E-state index in [0.29, 0.717) is 6.54 Å². The van der Waals surface area contributed by atoms with Crippen LogP contribution in [0, 0.1) is 0 Å². The molecule has 3 heterocycles. The Labute approximate surface area is 192 Å². The molecule has 0 radical (unpaired) electrons. The van der Waals surface area contributed by atoms with Crippen LogP contribution < -0.4 is 4.90 Å². The summed E-state index contributed by atoms with van der Waals surface area (Å²) < 4.78 is 2.12. The summed E-state index contributed by atoms with van der Waals surface area (Å²) in [6, 6.07) is 22.2. The van der Waals surface area contributed by atoms with Crippen molar-refractivity contribution in [3.63, 3.8) is 0 Å². The molecule has 5 nitrogen and oxygen atoms in total. The number of nitrogens with zero attached hydrogens (tertiary/aromatic N) is 3. The number of carbonyl (C=O) groups is 1. The number of carbonyl (C=O) groups excluding carboxylic acids is 1. The van der Waals surface area contributed by atoms with Gasteiger partial charge in [0, 0.05) is 54.5 Å². The number of amides is 1. The molecule has 2 aromatic carbocycles. The molecule has 0 atom stereocenters. The zero-order valence-corrected chi connectivity index (χ0v) is 18.6. The summed E-state index contributed by atoms with van der Waals surface area (Å²) in [6.07, 6.45) is 3.66. The molecule has 5 rings (SSSR count). The van der Waals surface area contributed by atoms with Crippen LogP contribution in [0.1, 0.15) is 21.6 Å². The van der Waals surface area contributed by atoms with Crippen LogP contribution >= 0.6 is 11.6 Å². The first-order chi connectivity index (χ1) is 15.7. The number of hydrogen-bond donors (Lipinski definition) is 1. The van der Waals surface area contributed by atoms with Gasteiger partial charge in [-0.1, -0.05) is 48.0 Å². The van der Waals surface area contributed by atoms with E-state index in [2.05, 4.69) is 38.7 Å². The van der Waals surface area contributed by atoms with Gasteiger partial charge in [0.1, 0.15) is 5.69 Å². The highest BCUT2D eigenvalue weighted by Crippen LogP contribution is 2.24. The van der Waals surface area contributed by atoms with Gasteiger partial charge >= 0.3 is 5.91 Å². The normalized spacial score (nSPS) is 15.3. The van der Waals surface area contributed by atoms with E-state index in [0.717, 1.165) is 64.8 Å². The quantitative estimate of drug-likeness (QED) is 0.512. The van der Waals surface area contributed by atoms with Crippen molar-refractivity contribution in [1.29, 1.82) is 0 Å². The summed E-state index contributed by atoms with van der Waals surface area (Å²) in [6.45, 7) is 4.88. The average Bonchev–Trinajstić information content (AvgIpc) is 3.20. The predicted molar refractivity (Wildman–Crippen MR) is 127 cm³/mol. The second-order valence-corrected chi connectivity index (χ2v) is 8.74. The largest absolute Gasteiger partial charge is 0.360 e. The van der Waals surface area contributed by atoms with Crippen molar-refractivity contribution >= 4 is 28.4 Å². The number of pyridine rings is 1. The Morgan fingerprint density at radius 2 is 1.66 bits per heavy atom. The van der Waals surface area contributed by atoms with Gasteiger partial charge in [-0.15, -0.1) is 0 Å². The van der Waals surface area contributed by atoms with Crippen LogP contribution in [0.15, 0.2) is 79.1 Å². The minimum atomic E-state index is 0.164. The zero-order chi connectivity index (χ0) is 21.9. The highest BCUT2D eigenvalue weighted by atomic mass is 35.5. The van der Waals surface area contributed by atoms with Crippen LogP contribution in [0.5, 0.6) is 0 Å². The first kappa shape index (κ1) is 20.9. The van der Waals surface area contributed by atoms with Crippen LogP contribution in [-0.2, 0) is 13.1 Å². The van der Waals surface area contributed by atoms with Crippen molar-refractivity contribution in [1.82, 2.24) is 14.5 Å². The molecule has 2 aromatic heterocycles. The minimum absolute atomic E-state index is 0.164. The summed E-state index contributed by atoms with van der Waals surface area (Å²) in [4.78, 5) is 21.1. The van der Waals surface area contributed by atoms with Crippen molar-refractivity contribution in [2.45, 2.75) is 13.1 Å². The Morgan fingerprint density at radius 1 is 0.938 bits per heavy atom. The van der Waals surface area contributed by atoms with Crippen molar-refractivity contribution in [2.24, 2.45) is 0 Å². The fraction of sp³-hybridized carbons (Fsp3) is 0.231. The van der Waals surface area contributed by atoms with Crippen molar-refractivity contribution in [3.8, 4) is 0 Å². The van der Waals surface area contributed by atoms with Gasteiger partial charge in [0.05, 0.1) is 13.1 Å². The predicted octanol–water partition coefficient (Wildman–Crippen LogP) is 3.28. The van der Waals surface area contributed by atoms with E-state index in [4.69, 9.17) is 11.6 Å². The molecule has 1 aliphatic rings. The molecule has 6 heteroatoms. The van der Waals surface area contributed by atoms with Gasteiger partial charge in [0.2, 0.25) is 0 Å². The number of aromatic nitrogens is 2. The van der Waals surface area contributed by atoms with Crippen LogP contribution in [0.25, 0.3) is 10.9 Å². The molecule has 1 amide bonds. The zero-order valence-electron chi connectivity index (χ0n) is 17.9. The monoisotopic (exact) mass is 445 g/mol. The minimum Gasteiger partial charge on any atom is -0.329 e. The number of rotatable bonds is 5. The maximum Gasteiger partial charge on any atom is 0.360 e. The molecule has 0 bridgehead atoms. The Bertz CT molecular complexity index is 1230. The molecule has 4 aromatic rings. The molecular weight excluding hydrogens is 420 g/mol. The van der Waals surface area contributed by atoms with Gasteiger partial charge in [0.25, 0.3) is 0 Å². The fourth-order valence-corrected chi connectivity index (χ4v) is 4.70. The lowest BCUT2D eigenvalue weighted by atomic mass is 10.2. The average molecular weight is 446 g/mol. The summed E-state index contributed by atoms with van der Waals surface area (Å²) in [5, 5.41) is 1.80. The van der Waals surface area contributed by atoms with Crippen molar-refractivity contribution < 1.29 is 9.69 Å². The Hall–Kier alpha value is -2.99. The number of halogens is 1. The van der Waals surface area contributed by atoms with Gasteiger partial charge in [-0.25, -0.2) is 4.79 Å². The molecule has 0 spiro atoms. The van der Waals surface area contributed by atoms with Gasteiger partial charge in [-0.05, 0) is 41.5 Å². The number of para-hydroxylation sites is 1. The van der Waals surface area contributed by atoms with Gasteiger partial charge in [0.15, 0.2) is 0 Å². The molecule has 1 saturated heterocycles. The molecule has 0 saturated carbocycles. The van der Waals surface area contributed by atoms with Crippen LogP contribution in [0.4, 0.5) is 0 Å². The topological polar surface area (TPSA) is 42.6 Å². The highest BCUT2D eigenvalue weighted by molar-refractivity contribution is 6.31. The molecule has 162 valence electrons. The number of nitrogens with one attached hydrogen (secondary N) is 1. The lowest BCUT2D eigenvalue weighted by molar-refractivity contribution is -0.820. The first-order valence-corrected chi connectivity index (χ1v) is 11.4. The number of piperazine rings is 1. The van der Waals surface area contributed by atoms with Crippen LogP contribution in [-0.4, -0.2) is 46.5 Å². The Morgan fingerprint density at radius 3 is 2.44 bits per heavy atom. The molecule has 1 aliphatic heterocycles. The molecule has 1 fully saturated rings. The van der Waals surface area contributed by atoms with Crippen LogP contribution in [0.3, 0.4) is 0 Å². The van der Waals surface area contributed by atoms with E-state index in [1.807, 2.05) is 54.9 Å². The van der Waals surface area contributed by atoms with E-state index in [1.165, 1.54) is 5.56 Å². The van der Waals surface area contributed by atoms with E-state index in [1.54, 1.807) is 0 Å². The number of quaternary nitrogens is 1. The van der Waals surface area contributed by atoms with E-state index in [-0.39, 0.29) is 5.91 Å². The molecule has 0 aliphatic carbocycles. The third-order valence-electron chi connectivity index (χ3n) is 6.27. The van der Waals surface area contributed by atoms with Gasteiger partial charge < -0.3 is 4.57 Å². The molecule has 1 N–H and O–H groups in total. The number of fused-ring (bicyclic) bond motifs is 1. The highest BCUT2D eigenvalue weighted by Gasteiger charge is 2.30. The van der Waals surface area contributed by atoms with E-state index < -0.39 is 0 Å². The third kappa shape index (κ3) is 4.32. The lowest BCUT2D eigenvalue weighted by Gasteiger charge is -2.30. The second-order valence-electron chi connectivity index (χ2n) is 8.33. The van der Waals surface area contributed by atoms with Gasteiger partial charge in [-0.3, -0.25) is 14.8 Å². The number of hydrogen-bond acceptors (Lipinski definition) is 3. The SMILES string of the molecule is O=C(c1cc2ccccc2n1Cc1ccccc1Cl)[NH+]1CCN(Cc2ccncc2)CC1. The smallest absolute Gasteiger partial charge is 0.329 e. The Balaban J connectivity index is 1.36. The van der Waals surface area contributed by atoms with E-state index >= 15 is 0 Å². The van der Waals surface area contributed by atoms with Crippen molar-refractivity contribution in [2.75, 3.05) is 26.2 Å². The van der Waals surface area contributed by atoms with Crippen molar-refractivity contribution in [3.05, 3.63) is 101 Å². The molecule has 32 heavy (non-hydrogen) atoms. The maximum atomic E-state index is 13.6. The summed E-state index contributed by atoms with van der Waals surface area (Å²) in [7, 11) is 0. The summed E-state index contributed by atoms with van der Waals surface area (Å²) >= 11 is 6.44. The standard InChI is InChI=1S/C26H25ClN4O/c27-23-7-3-1-6-22(23)19-31-24-8-4-2-5-21(24)17-25(31)26(32)30-15-13-29(14-16-30)18-20-9-11-28-12-10-20/h1-12,17H,13-16,18-19H2/p+1. The number of benzene rings is 2. The molecular formula is C26H26ClN4O+. The summed E-state index contributed by atoms with van der Waals surface area (Å²) in [5.74, 6) is 0.164. The fourth-order valence-electron chi connectivity index (χ4n) is 4.50. The maximum absolute atomic E-state index is 13.6. The van der Waals surface area contributed by atoms with Crippen LogP contribution in [0.2, 0.25) is 5.02 Å². The summed E-state index contributed by atoms with van der Waals surface area (Å²) in [5.41, 5.74) is 4.09. The third-order valence-corrected chi connectivity index (χ3v) is 6.63. The van der Waals surface area contributed by atoms with Gasteiger partial charge in [-0.2, -0.15) is 0 Å². The first-order valence-electron chi connectivity index (χ1n) is 11.0. The molecule has 0 unspecified atom stereocenters. The second kappa shape index (κ2) is 9.25. The van der Waals surface area contributed by atoms with E-state index in [9.17, 15) is 4.79 Å².